The van der Waals surface area contributed by atoms with Gasteiger partial charge in [0.15, 0.2) is 0 Å². The molecule has 0 saturated carbocycles. The monoisotopic (exact) mass is 239 g/mol. The van der Waals surface area contributed by atoms with E-state index in [2.05, 4.69) is 38.7 Å². The summed E-state index contributed by atoms with van der Waals surface area (Å²) in [4.78, 5) is 2.29. The second-order valence-corrected chi connectivity index (χ2v) is 5.54. The predicted octanol–water partition coefficient (Wildman–Crippen LogP) is 3.56. The number of likely N-dealkylation sites (tertiary alicyclic amines) is 1. The third-order valence-electron chi connectivity index (χ3n) is 4.05. The lowest BCUT2D eigenvalue weighted by Crippen LogP contribution is -2.40. The highest BCUT2D eigenvalue weighted by atomic mass is 16.3. The summed E-state index contributed by atoms with van der Waals surface area (Å²) in [5, 5.41) is 10.0. The van der Waals surface area contributed by atoms with Crippen LogP contribution in [0, 0.1) is 5.92 Å². The standard InChI is InChI=1S/C15H29NO/c1-5-8-12(3)11-14(13(4)6-2)16-10-7-9-15(16)17/h6,12,14-15,17H,5,7-11H2,1-4H3/b13-6-. The van der Waals surface area contributed by atoms with Crippen molar-refractivity contribution in [2.24, 2.45) is 5.92 Å². The summed E-state index contributed by atoms with van der Waals surface area (Å²) in [6.45, 7) is 9.94. The van der Waals surface area contributed by atoms with E-state index in [-0.39, 0.29) is 6.23 Å². The zero-order valence-electron chi connectivity index (χ0n) is 11.9. The summed E-state index contributed by atoms with van der Waals surface area (Å²) in [6, 6.07) is 0.444. The minimum Gasteiger partial charge on any atom is -0.378 e. The van der Waals surface area contributed by atoms with Crippen molar-refractivity contribution in [3.63, 3.8) is 0 Å². The number of nitrogens with zero attached hydrogens (tertiary/aromatic N) is 1. The van der Waals surface area contributed by atoms with Gasteiger partial charge in [0, 0.05) is 12.6 Å². The fourth-order valence-electron chi connectivity index (χ4n) is 2.90. The summed E-state index contributed by atoms with van der Waals surface area (Å²) in [7, 11) is 0. The van der Waals surface area contributed by atoms with Crippen molar-refractivity contribution < 1.29 is 5.11 Å². The molecule has 1 saturated heterocycles. The van der Waals surface area contributed by atoms with Crippen molar-refractivity contribution in [2.45, 2.75) is 72.1 Å². The molecule has 0 aromatic rings. The maximum absolute atomic E-state index is 10.0. The van der Waals surface area contributed by atoms with E-state index in [1.807, 2.05) is 0 Å². The number of rotatable bonds is 6. The molecule has 0 amide bonds. The lowest BCUT2D eigenvalue weighted by Gasteiger charge is -2.33. The fraction of sp³-hybridized carbons (Fsp3) is 0.867. The van der Waals surface area contributed by atoms with Gasteiger partial charge in [0.1, 0.15) is 6.23 Å². The van der Waals surface area contributed by atoms with E-state index in [0.29, 0.717) is 6.04 Å². The summed E-state index contributed by atoms with van der Waals surface area (Å²) in [6.07, 6.45) is 7.79. The highest BCUT2D eigenvalue weighted by Gasteiger charge is 2.30. The van der Waals surface area contributed by atoms with Gasteiger partial charge < -0.3 is 5.11 Å². The van der Waals surface area contributed by atoms with Gasteiger partial charge >= 0.3 is 0 Å². The SMILES string of the molecule is C/C=C(/C)C(CC(C)CCC)N1CCCC1O. The van der Waals surface area contributed by atoms with Crippen LogP contribution in [0.15, 0.2) is 11.6 Å². The van der Waals surface area contributed by atoms with Crippen molar-refractivity contribution in [1.82, 2.24) is 4.90 Å². The number of allylic oxidation sites excluding steroid dienone is 1. The molecule has 0 aromatic carbocycles. The number of aliphatic hydroxyl groups is 1. The normalized spacial score (nSPS) is 26.2. The van der Waals surface area contributed by atoms with Crippen LogP contribution in [0.25, 0.3) is 0 Å². The average molecular weight is 239 g/mol. The van der Waals surface area contributed by atoms with E-state index in [1.165, 1.54) is 24.8 Å². The molecule has 17 heavy (non-hydrogen) atoms. The molecule has 1 aliphatic rings. The molecule has 100 valence electrons. The van der Waals surface area contributed by atoms with Crippen LogP contribution in [-0.4, -0.2) is 28.8 Å². The van der Waals surface area contributed by atoms with Crippen LogP contribution in [-0.2, 0) is 0 Å². The molecule has 1 N–H and O–H groups in total. The first-order valence-electron chi connectivity index (χ1n) is 7.16. The Kier molecular flexibility index (Phi) is 6.21. The fourth-order valence-corrected chi connectivity index (χ4v) is 2.90. The molecule has 3 atom stereocenters. The molecule has 1 heterocycles. The Bertz CT molecular complexity index is 249. The van der Waals surface area contributed by atoms with Gasteiger partial charge in [0.2, 0.25) is 0 Å². The Morgan fingerprint density at radius 3 is 2.71 bits per heavy atom. The molecule has 0 radical (unpaired) electrons. The molecule has 2 heteroatoms. The summed E-state index contributed by atoms with van der Waals surface area (Å²) < 4.78 is 0. The third-order valence-corrected chi connectivity index (χ3v) is 4.05. The lowest BCUT2D eigenvalue weighted by atomic mass is 9.92. The van der Waals surface area contributed by atoms with Crippen LogP contribution >= 0.6 is 0 Å². The van der Waals surface area contributed by atoms with E-state index in [4.69, 9.17) is 0 Å². The summed E-state index contributed by atoms with van der Waals surface area (Å²) >= 11 is 0. The number of hydrogen-bond donors (Lipinski definition) is 1. The Labute approximate surface area is 107 Å². The first-order valence-corrected chi connectivity index (χ1v) is 7.16. The lowest BCUT2D eigenvalue weighted by molar-refractivity contribution is 0.0120. The van der Waals surface area contributed by atoms with E-state index in [9.17, 15) is 5.11 Å². The van der Waals surface area contributed by atoms with Crippen LogP contribution < -0.4 is 0 Å². The average Bonchev–Trinajstić information content (AvgIpc) is 2.71. The van der Waals surface area contributed by atoms with E-state index < -0.39 is 0 Å². The van der Waals surface area contributed by atoms with Crippen molar-refractivity contribution in [1.29, 1.82) is 0 Å². The molecule has 1 aliphatic heterocycles. The molecule has 3 unspecified atom stereocenters. The highest BCUT2D eigenvalue weighted by Crippen LogP contribution is 2.27. The molecular weight excluding hydrogens is 210 g/mol. The van der Waals surface area contributed by atoms with Gasteiger partial charge in [-0.15, -0.1) is 0 Å². The van der Waals surface area contributed by atoms with Gasteiger partial charge in [-0.1, -0.05) is 38.3 Å². The zero-order valence-corrected chi connectivity index (χ0v) is 11.9. The Morgan fingerprint density at radius 2 is 2.24 bits per heavy atom. The molecule has 0 aromatic heterocycles. The smallest absolute Gasteiger partial charge is 0.107 e. The van der Waals surface area contributed by atoms with Gasteiger partial charge in [0.05, 0.1) is 0 Å². The summed E-state index contributed by atoms with van der Waals surface area (Å²) in [5.74, 6) is 0.743. The first-order chi connectivity index (χ1) is 8.10. The van der Waals surface area contributed by atoms with E-state index in [0.717, 1.165) is 25.3 Å². The van der Waals surface area contributed by atoms with E-state index >= 15 is 0 Å². The summed E-state index contributed by atoms with van der Waals surface area (Å²) in [5.41, 5.74) is 1.41. The first kappa shape index (κ1) is 14.7. The number of hydrogen-bond acceptors (Lipinski definition) is 2. The quantitative estimate of drug-likeness (QED) is 0.716. The van der Waals surface area contributed by atoms with Crippen LogP contribution in [0.4, 0.5) is 0 Å². The maximum atomic E-state index is 10.0. The van der Waals surface area contributed by atoms with Gasteiger partial charge in [-0.25, -0.2) is 0 Å². The molecule has 0 spiro atoms. The Hall–Kier alpha value is -0.340. The van der Waals surface area contributed by atoms with Gasteiger partial charge in [-0.2, -0.15) is 0 Å². The maximum Gasteiger partial charge on any atom is 0.107 e. The zero-order chi connectivity index (χ0) is 12.8. The third kappa shape index (κ3) is 4.11. The minimum absolute atomic E-state index is 0.219. The van der Waals surface area contributed by atoms with Gasteiger partial charge in [-0.3, -0.25) is 4.90 Å². The largest absolute Gasteiger partial charge is 0.378 e. The van der Waals surface area contributed by atoms with E-state index in [1.54, 1.807) is 0 Å². The van der Waals surface area contributed by atoms with Crippen LogP contribution in [0.2, 0.25) is 0 Å². The minimum atomic E-state index is -0.219. The van der Waals surface area contributed by atoms with Crippen LogP contribution in [0.1, 0.15) is 59.8 Å². The van der Waals surface area contributed by atoms with Crippen molar-refractivity contribution in [2.75, 3.05) is 6.54 Å². The molecule has 1 rings (SSSR count). The Balaban J connectivity index is 2.66. The number of aliphatic hydroxyl groups excluding tert-OH is 1. The Morgan fingerprint density at radius 1 is 1.53 bits per heavy atom. The second kappa shape index (κ2) is 7.17. The van der Waals surface area contributed by atoms with Crippen LogP contribution in [0.3, 0.4) is 0 Å². The topological polar surface area (TPSA) is 23.5 Å². The van der Waals surface area contributed by atoms with Crippen LogP contribution in [0.5, 0.6) is 0 Å². The second-order valence-electron chi connectivity index (χ2n) is 5.54. The van der Waals surface area contributed by atoms with Crippen molar-refractivity contribution in [3.05, 3.63) is 11.6 Å². The molecule has 0 aliphatic carbocycles. The van der Waals surface area contributed by atoms with Gasteiger partial charge in [0.25, 0.3) is 0 Å². The van der Waals surface area contributed by atoms with Gasteiger partial charge in [-0.05, 0) is 39.0 Å². The molecular formula is C15H29NO. The molecule has 2 nitrogen and oxygen atoms in total. The van der Waals surface area contributed by atoms with Crippen molar-refractivity contribution >= 4 is 0 Å². The highest BCUT2D eigenvalue weighted by molar-refractivity contribution is 5.08. The van der Waals surface area contributed by atoms with Crippen molar-refractivity contribution in [3.8, 4) is 0 Å². The molecule has 1 fully saturated rings. The predicted molar refractivity (Wildman–Crippen MR) is 73.9 cm³/mol. The molecule has 0 bridgehead atoms.